The van der Waals surface area contributed by atoms with Crippen LogP contribution in [-0.4, -0.2) is 28.6 Å². The summed E-state index contributed by atoms with van der Waals surface area (Å²) in [5.74, 6) is 1.72. The largest absolute Gasteiger partial charge is 0.481 e. The summed E-state index contributed by atoms with van der Waals surface area (Å²) in [6.45, 7) is 0.874. The van der Waals surface area contributed by atoms with Crippen molar-refractivity contribution < 1.29 is 9.90 Å². The second-order valence-electron chi connectivity index (χ2n) is 4.68. The van der Waals surface area contributed by atoms with Crippen LogP contribution in [0.1, 0.15) is 24.0 Å². The number of carbonyl (C=O) groups is 1. The van der Waals surface area contributed by atoms with Crippen LogP contribution in [0, 0.1) is 0 Å². The maximum atomic E-state index is 10.6. The van der Waals surface area contributed by atoms with E-state index < -0.39 is 5.97 Å². The van der Waals surface area contributed by atoms with Gasteiger partial charge in [-0.25, -0.2) is 0 Å². The van der Waals surface area contributed by atoms with Crippen LogP contribution in [0.5, 0.6) is 0 Å². The summed E-state index contributed by atoms with van der Waals surface area (Å²) in [7, 11) is 0. The minimum Gasteiger partial charge on any atom is -0.481 e. The lowest BCUT2D eigenvalue weighted by atomic mass is 10.1. The Morgan fingerprint density at radius 1 is 1.33 bits per heavy atom. The first-order valence-electron chi connectivity index (χ1n) is 6.35. The third-order valence-corrected chi connectivity index (χ3v) is 4.35. The van der Waals surface area contributed by atoms with Gasteiger partial charge in [0, 0.05) is 18.3 Å². The van der Waals surface area contributed by atoms with E-state index in [4.69, 9.17) is 5.11 Å². The van der Waals surface area contributed by atoms with Gasteiger partial charge in [0.2, 0.25) is 0 Å². The van der Waals surface area contributed by atoms with Gasteiger partial charge in [0.15, 0.2) is 0 Å². The molecule has 1 aromatic rings. The normalized spacial score (nSPS) is 19.7. The van der Waals surface area contributed by atoms with Gasteiger partial charge in [-0.2, -0.15) is 11.8 Å². The second kappa shape index (κ2) is 6.81. The number of aliphatic carboxylic acids is 1. The van der Waals surface area contributed by atoms with Gasteiger partial charge in [0.25, 0.3) is 0 Å². The standard InChI is InChI=1S/C14H19NO2S/c16-14(17)8-11-3-5-12(6-4-11)9-15-13-2-1-7-18-10-13/h3-6,13,15H,1-2,7-10H2,(H,16,17). The summed E-state index contributed by atoms with van der Waals surface area (Å²) in [4.78, 5) is 10.6. The molecule has 2 N–H and O–H groups in total. The predicted molar refractivity (Wildman–Crippen MR) is 75.0 cm³/mol. The van der Waals surface area contributed by atoms with Gasteiger partial charge >= 0.3 is 5.97 Å². The molecular weight excluding hydrogens is 246 g/mol. The first-order chi connectivity index (χ1) is 8.74. The molecule has 0 radical (unpaired) electrons. The first-order valence-corrected chi connectivity index (χ1v) is 7.50. The Bertz CT molecular complexity index is 385. The zero-order valence-corrected chi connectivity index (χ0v) is 11.2. The molecule has 1 aliphatic heterocycles. The fourth-order valence-electron chi connectivity index (χ4n) is 2.11. The zero-order chi connectivity index (χ0) is 12.8. The highest BCUT2D eigenvalue weighted by atomic mass is 32.2. The summed E-state index contributed by atoms with van der Waals surface area (Å²) >= 11 is 2.02. The van der Waals surface area contributed by atoms with Crippen LogP contribution in [0.25, 0.3) is 0 Å². The van der Waals surface area contributed by atoms with E-state index in [-0.39, 0.29) is 6.42 Å². The molecule has 0 aliphatic carbocycles. The molecule has 1 atom stereocenters. The molecule has 1 unspecified atom stereocenters. The molecule has 1 saturated heterocycles. The van der Waals surface area contributed by atoms with Crippen molar-refractivity contribution in [3.05, 3.63) is 35.4 Å². The van der Waals surface area contributed by atoms with Crippen molar-refractivity contribution in [3.8, 4) is 0 Å². The molecule has 0 aromatic heterocycles. The van der Waals surface area contributed by atoms with Gasteiger partial charge in [-0.3, -0.25) is 4.79 Å². The number of hydrogen-bond acceptors (Lipinski definition) is 3. The summed E-state index contributed by atoms with van der Waals surface area (Å²) in [5, 5.41) is 12.3. The monoisotopic (exact) mass is 265 g/mol. The fourth-order valence-corrected chi connectivity index (χ4v) is 3.22. The molecule has 1 fully saturated rings. The Labute approximate surface area is 112 Å². The minimum absolute atomic E-state index is 0.104. The highest BCUT2D eigenvalue weighted by Crippen LogP contribution is 2.17. The molecule has 1 heterocycles. The molecule has 0 bridgehead atoms. The molecule has 0 amide bonds. The van der Waals surface area contributed by atoms with Crippen LogP contribution < -0.4 is 5.32 Å². The average molecular weight is 265 g/mol. The van der Waals surface area contributed by atoms with Gasteiger partial charge in [0.1, 0.15) is 0 Å². The molecule has 98 valence electrons. The van der Waals surface area contributed by atoms with Gasteiger partial charge in [0.05, 0.1) is 6.42 Å². The summed E-state index contributed by atoms with van der Waals surface area (Å²) < 4.78 is 0. The second-order valence-corrected chi connectivity index (χ2v) is 5.83. The lowest BCUT2D eigenvalue weighted by Crippen LogP contribution is -2.33. The van der Waals surface area contributed by atoms with E-state index in [1.54, 1.807) is 0 Å². The fraction of sp³-hybridized carbons (Fsp3) is 0.500. The van der Waals surface area contributed by atoms with Crippen molar-refractivity contribution in [1.29, 1.82) is 0 Å². The van der Waals surface area contributed by atoms with E-state index in [2.05, 4.69) is 5.32 Å². The maximum Gasteiger partial charge on any atom is 0.307 e. The number of benzene rings is 1. The number of nitrogens with one attached hydrogen (secondary N) is 1. The van der Waals surface area contributed by atoms with Crippen LogP contribution in [-0.2, 0) is 17.8 Å². The molecule has 1 aromatic carbocycles. The summed E-state index contributed by atoms with van der Waals surface area (Å²) in [6.07, 6.45) is 2.68. The van der Waals surface area contributed by atoms with Gasteiger partial charge in [-0.15, -0.1) is 0 Å². The molecule has 0 saturated carbocycles. The number of hydrogen-bond donors (Lipinski definition) is 2. The van der Waals surface area contributed by atoms with Crippen LogP contribution in [0.3, 0.4) is 0 Å². The first kappa shape index (κ1) is 13.4. The number of carboxylic acid groups (broad SMARTS) is 1. The van der Waals surface area contributed by atoms with Crippen LogP contribution in [0.15, 0.2) is 24.3 Å². The van der Waals surface area contributed by atoms with Crippen molar-refractivity contribution in [2.45, 2.75) is 31.8 Å². The highest BCUT2D eigenvalue weighted by molar-refractivity contribution is 7.99. The van der Waals surface area contributed by atoms with E-state index in [1.165, 1.54) is 29.9 Å². The predicted octanol–water partition coefficient (Wildman–Crippen LogP) is 2.30. The Balaban J connectivity index is 1.80. The number of rotatable bonds is 5. The van der Waals surface area contributed by atoms with E-state index in [0.29, 0.717) is 6.04 Å². The number of carboxylic acids is 1. The molecular formula is C14H19NO2S. The quantitative estimate of drug-likeness (QED) is 0.857. The Morgan fingerprint density at radius 2 is 2.06 bits per heavy atom. The minimum atomic E-state index is -0.778. The van der Waals surface area contributed by atoms with Gasteiger partial charge in [-0.05, 0) is 29.7 Å². The van der Waals surface area contributed by atoms with Crippen molar-refractivity contribution in [2.24, 2.45) is 0 Å². The maximum absolute atomic E-state index is 10.6. The Hall–Kier alpha value is -1.00. The lowest BCUT2D eigenvalue weighted by molar-refractivity contribution is -0.136. The summed E-state index contributed by atoms with van der Waals surface area (Å²) in [6, 6.07) is 8.46. The molecule has 1 aliphatic rings. The van der Waals surface area contributed by atoms with Crippen molar-refractivity contribution >= 4 is 17.7 Å². The van der Waals surface area contributed by atoms with E-state index >= 15 is 0 Å². The summed E-state index contributed by atoms with van der Waals surface area (Å²) in [5.41, 5.74) is 2.08. The van der Waals surface area contributed by atoms with Gasteiger partial charge < -0.3 is 10.4 Å². The van der Waals surface area contributed by atoms with E-state index in [1.807, 2.05) is 36.0 Å². The van der Waals surface area contributed by atoms with E-state index in [9.17, 15) is 4.79 Å². The zero-order valence-electron chi connectivity index (χ0n) is 10.4. The Kier molecular flexibility index (Phi) is 5.08. The van der Waals surface area contributed by atoms with Crippen molar-refractivity contribution in [2.75, 3.05) is 11.5 Å². The van der Waals surface area contributed by atoms with Crippen molar-refractivity contribution in [3.63, 3.8) is 0 Å². The van der Waals surface area contributed by atoms with E-state index in [0.717, 1.165) is 12.1 Å². The molecule has 3 nitrogen and oxygen atoms in total. The van der Waals surface area contributed by atoms with Crippen LogP contribution in [0.4, 0.5) is 0 Å². The molecule has 18 heavy (non-hydrogen) atoms. The lowest BCUT2D eigenvalue weighted by Gasteiger charge is -2.22. The highest BCUT2D eigenvalue weighted by Gasteiger charge is 2.12. The number of thioether (sulfide) groups is 1. The molecule has 2 rings (SSSR count). The van der Waals surface area contributed by atoms with Crippen LogP contribution in [0.2, 0.25) is 0 Å². The third kappa shape index (κ3) is 4.35. The Morgan fingerprint density at radius 3 is 2.67 bits per heavy atom. The van der Waals surface area contributed by atoms with Crippen LogP contribution >= 0.6 is 11.8 Å². The average Bonchev–Trinajstić information content (AvgIpc) is 2.38. The topological polar surface area (TPSA) is 49.3 Å². The van der Waals surface area contributed by atoms with Gasteiger partial charge in [-0.1, -0.05) is 24.3 Å². The molecule has 0 spiro atoms. The molecule has 4 heteroatoms. The third-order valence-electron chi connectivity index (χ3n) is 3.13. The van der Waals surface area contributed by atoms with Crippen molar-refractivity contribution in [1.82, 2.24) is 5.32 Å². The SMILES string of the molecule is O=C(O)Cc1ccc(CNC2CCCSC2)cc1. The smallest absolute Gasteiger partial charge is 0.307 e.